The van der Waals surface area contributed by atoms with Crippen molar-refractivity contribution in [3.63, 3.8) is 0 Å². The van der Waals surface area contributed by atoms with E-state index < -0.39 is 6.10 Å². The highest BCUT2D eigenvalue weighted by atomic mass is 16.3. The third-order valence-corrected chi connectivity index (χ3v) is 3.51. The van der Waals surface area contributed by atoms with E-state index in [-0.39, 0.29) is 17.6 Å². The Morgan fingerprint density at radius 3 is 2.43 bits per heavy atom. The summed E-state index contributed by atoms with van der Waals surface area (Å²) in [6.07, 6.45) is 2.52. The Balaban J connectivity index is 2.19. The van der Waals surface area contributed by atoms with Gasteiger partial charge in [-0.05, 0) is 29.0 Å². The number of aliphatic hydroxyl groups excluding tert-OH is 1. The molecule has 1 aromatic carbocycles. The molecule has 1 heterocycles. The molecule has 0 spiro atoms. The Bertz CT molecular complexity index is 666. The Morgan fingerprint density at radius 2 is 1.86 bits per heavy atom. The third-order valence-electron chi connectivity index (χ3n) is 3.51. The molecule has 1 atom stereocenters. The number of aliphatic hydroxyl groups is 1. The lowest BCUT2D eigenvalue weighted by molar-refractivity contribution is 0.154. The van der Waals surface area contributed by atoms with Crippen molar-refractivity contribution < 1.29 is 5.11 Å². The molecule has 1 aromatic heterocycles. The number of rotatable bonds is 3. The Kier molecular flexibility index (Phi) is 4.28. The van der Waals surface area contributed by atoms with Crippen LogP contribution >= 0.6 is 0 Å². The average Bonchev–Trinajstić information content (AvgIpc) is 2.42. The van der Waals surface area contributed by atoms with E-state index in [0.717, 1.165) is 11.1 Å². The first-order valence-corrected chi connectivity index (χ1v) is 7.09. The zero-order valence-corrected chi connectivity index (χ0v) is 13.0. The van der Waals surface area contributed by atoms with Crippen molar-refractivity contribution in [1.82, 2.24) is 9.55 Å². The predicted molar refractivity (Wildman–Crippen MR) is 83.3 cm³/mol. The number of nitrogens with zero attached hydrogens (tertiary/aromatic N) is 2. The fourth-order valence-electron chi connectivity index (χ4n) is 2.19. The summed E-state index contributed by atoms with van der Waals surface area (Å²) in [4.78, 5) is 15.4. The lowest BCUT2D eigenvalue weighted by atomic mass is 9.86. The second kappa shape index (κ2) is 5.82. The van der Waals surface area contributed by atoms with Crippen LogP contribution in [0.25, 0.3) is 0 Å². The molecule has 0 amide bonds. The van der Waals surface area contributed by atoms with E-state index in [2.05, 4.69) is 25.8 Å². The summed E-state index contributed by atoms with van der Waals surface area (Å²) >= 11 is 0. The van der Waals surface area contributed by atoms with Crippen molar-refractivity contribution in [3.05, 3.63) is 63.8 Å². The predicted octanol–water partition coefficient (Wildman–Crippen LogP) is 2.58. The summed E-state index contributed by atoms with van der Waals surface area (Å²) < 4.78 is 1.44. The summed E-state index contributed by atoms with van der Waals surface area (Å²) in [5.74, 6) is 0. The maximum atomic E-state index is 11.7. The van der Waals surface area contributed by atoms with Crippen LogP contribution in [0.5, 0.6) is 0 Å². The number of aromatic nitrogens is 2. The van der Waals surface area contributed by atoms with Crippen LogP contribution in [0.2, 0.25) is 0 Å². The van der Waals surface area contributed by atoms with Gasteiger partial charge in [0.1, 0.15) is 0 Å². The quantitative estimate of drug-likeness (QED) is 0.943. The first-order valence-electron chi connectivity index (χ1n) is 7.09. The molecule has 1 N–H and O–H groups in total. The minimum absolute atomic E-state index is 0.0842. The van der Waals surface area contributed by atoms with E-state index in [1.54, 1.807) is 6.20 Å². The van der Waals surface area contributed by atoms with Crippen LogP contribution in [0.15, 0.2) is 41.5 Å². The molecule has 0 aliphatic carbocycles. The highest BCUT2D eigenvalue weighted by Gasteiger charge is 2.15. The highest BCUT2D eigenvalue weighted by Crippen LogP contribution is 2.24. The molecule has 2 rings (SSSR count). The largest absolute Gasteiger partial charge is 0.387 e. The van der Waals surface area contributed by atoms with Crippen LogP contribution < -0.4 is 5.69 Å². The Labute approximate surface area is 125 Å². The molecule has 0 fully saturated rings. The lowest BCUT2D eigenvalue weighted by Crippen LogP contribution is -2.25. The van der Waals surface area contributed by atoms with Crippen LogP contribution in [-0.4, -0.2) is 14.7 Å². The van der Waals surface area contributed by atoms with Gasteiger partial charge in [-0.1, -0.05) is 45.0 Å². The van der Waals surface area contributed by atoms with Gasteiger partial charge >= 0.3 is 5.69 Å². The summed E-state index contributed by atoms with van der Waals surface area (Å²) in [5.41, 5.74) is 2.65. The summed E-state index contributed by atoms with van der Waals surface area (Å²) in [6.45, 7) is 8.53. The van der Waals surface area contributed by atoms with Gasteiger partial charge in [0.2, 0.25) is 0 Å². The smallest absolute Gasteiger partial charge is 0.347 e. The number of benzene rings is 1. The highest BCUT2D eigenvalue weighted by molar-refractivity contribution is 5.28. The standard InChI is InChI=1S/C17H22N2O2/c1-12-9-18-16(21)19(10-12)11-15(20)13-5-7-14(8-6-13)17(2,3)4/h5-10,15,20H,11H2,1-4H3. The molecule has 0 aliphatic rings. The zero-order valence-electron chi connectivity index (χ0n) is 13.0. The molecule has 0 aliphatic heterocycles. The van der Waals surface area contributed by atoms with Gasteiger partial charge in [-0.2, -0.15) is 0 Å². The monoisotopic (exact) mass is 286 g/mol. The van der Waals surface area contributed by atoms with E-state index >= 15 is 0 Å². The second-order valence-corrected chi connectivity index (χ2v) is 6.45. The topological polar surface area (TPSA) is 55.1 Å². The van der Waals surface area contributed by atoms with E-state index in [9.17, 15) is 9.90 Å². The van der Waals surface area contributed by atoms with Crippen molar-refractivity contribution in [3.8, 4) is 0 Å². The van der Waals surface area contributed by atoms with E-state index in [0.29, 0.717) is 0 Å². The number of hydrogen-bond acceptors (Lipinski definition) is 3. The van der Waals surface area contributed by atoms with E-state index in [1.807, 2.05) is 31.2 Å². The van der Waals surface area contributed by atoms with E-state index in [1.165, 1.54) is 16.3 Å². The van der Waals surface area contributed by atoms with Crippen molar-refractivity contribution in [2.75, 3.05) is 0 Å². The van der Waals surface area contributed by atoms with Crippen LogP contribution in [0, 0.1) is 6.92 Å². The van der Waals surface area contributed by atoms with Gasteiger partial charge in [0, 0.05) is 12.4 Å². The minimum atomic E-state index is -0.722. The summed E-state index contributed by atoms with van der Waals surface area (Å²) in [5, 5.41) is 10.3. The summed E-state index contributed by atoms with van der Waals surface area (Å²) in [7, 11) is 0. The van der Waals surface area contributed by atoms with Gasteiger partial charge in [-0.3, -0.25) is 4.57 Å². The first kappa shape index (κ1) is 15.4. The molecule has 112 valence electrons. The molecule has 0 saturated carbocycles. The maximum Gasteiger partial charge on any atom is 0.347 e. The number of hydrogen-bond donors (Lipinski definition) is 1. The zero-order chi connectivity index (χ0) is 15.6. The second-order valence-electron chi connectivity index (χ2n) is 6.45. The average molecular weight is 286 g/mol. The van der Waals surface area contributed by atoms with Gasteiger partial charge < -0.3 is 5.11 Å². The van der Waals surface area contributed by atoms with Gasteiger partial charge in [0.15, 0.2) is 0 Å². The fraction of sp³-hybridized carbons (Fsp3) is 0.412. The van der Waals surface area contributed by atoms with Crippen molar-refractivity contribution in [2.45, 2.75) is 45.8 Å². The number of aryl methyl sites for hydroxylation is 1. The molecular weight excluding hydrogens is 264 g/mol. The molecule has 0 saturated heterocycles. The van der Waals surface area contributed by atoms with Crippen molar-refractivity contribution in [2.24, 2.45) is 0 Å². The fourth-order valence-corrected chi connectivity index (χ4v) is 2.19. The van der Waals surface area contributed by atoms with Crippen LogP contribution in [0.4, 0.5) is 0 Å². The van der Waals surface area contributed by atoms with E-state index in [4.69, 9.17) is 0 Å². The van der Waals surface area contributed by atoms with Crippen LogP contribution in [0.3, 0.4) is 0 Å². The van der Waals surface area contributed by atoms with Gasteiger partial charge in [0.25, 0.3) is 0 Å². The van der Waals surface area contributed by atoms with Gasteiger partial charge in [0.05, 0.1) is 12.6 Å². The molecular formula is C17H22N2O2. The molecule has 4 heteroatoms. The Hall–Kier alpha value is -1.94. The SMILES string of the molecule is Cc1cnc(=O)n(CC(O)c2ccc(C(C)(C)C)cc2)c1. The molecule has 0 radical (unpaired) electrons. The normalized spacial score (nSPS) is 13.2. The van der Waals surface area contributed by atoms with Crippen molar-refractivity contribution >= 4 is 0 Å². The molecule has 4 nitrogen and oxygen atoms in total. The van der Waals surface area contributed by atoms with Crippen LogP contribution in [0.1, 0.15) is 43.6 Å². The summed E-state index contributed by atoms with van der Waals surface area (Å²) in [6, 6.07) is 7.88. The van der Waals surface area contributed by atoms with Gasteiger partial charge in [-0.25, -0.2) is 9.78 Å². The van der Waals surface area contributed by atoms with Crippen LogP contribution in [-0.2, 0) is 12.0 Å². The third kappa shape index (κ3) is 3.79. The molecule has 1 unspecified atom stereocenters. The maximum absolute atomic E-state index is 11.7. The van der Waals surface area contributed by atoms with Crippen molar-refractivity contribution in [1.29, 1.82) is 0 Å². The molecule has 21 heavy (non-hydrogen) atoms. The molecule has 2 aromatic rings. The van der Waals surface area contributed by atoms with Gasteiger partial charge in [-0.15, -0.1) is 0 Å². The Morgan fingerprint density at radius 1 is 1.24 bits per heavy atom. The lowest BCUT2D eigenvalue weighted by Gasteiger charge is -2.20. The minimum Gasteiger partial charge on any atom is -0.387 e. The molecule has 0 bridgehead atoms. The first-order chi connectivity index (χ1) is 9.77.